The van der Waals surface area contributed by atoms with Crippen molar-refractivity contribution < 1.29 is 9.53 Å². The number of hydrogen-bond donors (Lipinski definition) is 2. The van der Waals surface area contributed by atoms with Crippen molar-refractivity contribution in [3.05, 3.63) is 29.8 Å². The van der Waals surface area contributed by atoms with E-state index in [9.17, 15) is 4.79 Å². The van der Waals surface area contributed by atoms with E-state index in [2.05, 4.69) is 11.4 Å². The molecule has 0 bridgehead atoms. The van der Waals surface area contributed by atoms with Crippen LogP contribution in [0.4, 0.5) is 0 Å². The fourth-order valence-electron chi connectivity index (χ4n) is 3.12. The molecule has 1 aromatic carbocycles. The highest BCUT2D eigenvalue weighted by molar-refractivity contribution is 5.79. The Morgan fingerprint density at radius 1 is 1.38 bits per heavy atom. The summed E-state index contributed by atoms with van der Waals surface area (Å²) in [6.07, 6.45) is 3.97. The maximum atomic E-state index is 12.2. The lowest BCUT2D eigenvalue weighted by Crippen LogP contribution is -2.36. The summed E-state index contributed by atoms with van der Waals surface area (Å²) in [5.41, 5.74) is 6.88. The molecule has 0 heterocycles. The topological polar surface area (TPSA) is 64.3 Å². The van der Waals surface area contributed by atoms with Crippen LogP contribution < -0.4 is 15.8 Å². The van der Waals surface area contributed by atoms with Gasteiger partial charge in [0.05, 0.1) is 6.61 Å². The molecule has 1 amide bonds. The molecule has 0 radical (unpaired) electrons. The largest absolute Gasteiger partial charge is 0.494 e. The average Bonchev–Trinajstić information content (AvgIpc) is 2.98. The standard InChI is InChI=1S/C17H26N2O2/c1-2-21-16-9-4-3-6-13(16)10-11-19-17(20)15-8-5-7-14(15)12-18/h3-4,6,9,14-15H,2,5,7-8,10-12,18H2,1H3,(H,19,20)/t14-,15-/m1/s1. The van der Waals surface area contributed by atoms with Crippen molar-refractivity contribution in [2.75, 3.05) is 19.7 Å². The van der Waals surface area contributed by atoms with E-state index in [0.29, 0.717) is 25.6 Å². The lowest BCUT2D eigenvalue weighted by Gasteiger charge is -2.17. The van der Waals surface area contributed by atoms with E-state index in [1.807, 2.05) is 25.1 Å². The van der Waals surface area contributed by atoms with Crippen LogP contribution in [0.2, 0.25) is 0 Å². The molecule has 1 aliphatic rings. The van der Waals surface area contributed by atoms with Crippen LogP contribution in [-0.2, 0) is 11.2 Å². The number of ether oxygens (including phenoxy) is 1. The van der Waals surface area contributed by atoms with Gasteiger partial charge in [0.15, 0.2) is 0 Å². The van der Waals surface area contributed by atoms with Crippen molar-refractivity contribution in [1.29, 1.82) is 0 Å². The predicted octanol–water partition coefficient (Wildman–Crippen LogP) is 2.12. The molecule has 0 aromatic heterocycles. The Labute approximate surface area is 127 Å². The number of carbonyl (C=O) groups is 1. The highest BCUT2D eigenvalue weighted by Gasteiger charge is 2.31. The second-order valence-electron chi connectivity index (χ2n) is 5.61. The smallest absolute Gasteiger partial charge is 0.223 e. The molecule has 116 valence electrons. The first-order chi connectivity index (χ1) is 10.3. The summed E-state index contributed by atoms with van der Waals surface area (Å²) < 4.78 is 5.60. The van der Waals surface area contributed by atoms with E-state index < -0.39 is 0 Å². The fraction of sp³-hybridized carbons (Fsp3) is 0.588. The number of hydrogen-bond acceptors (Lipinski definition) is 3. The van der Waals surface area contributed by atoms with E-state index in [1.54, 1.807) is 0 Å². The molecule has 2 rings (SSSR count). The first-order valence-electron chi connectivity index (χ1n) is 7.94. The number of para-hydroxylation sites is 1. The Bertz CT molecular complexity index is 462. The molecule has 1 fully saturated rings. The molecule has 21 heavy (non-hydrogen) atoms. The Balaban J connectivity index is 1.83. The third-order valence-corrected chi connectivity index (χ3v) is 4.26. The summed E-state index contributed by atoms with van der Waals surface area (Å²) in [4.78, 5) is 12.2. The summed E-state index contributed by atoms with van der Waals surface area (Å²) in [7, 11) is 0. The van der Waals surface area contributed by atoms with Crippen molar-refractivity contribution in [3.63, 3.8) is 0 Å². The normalized spacial score (nSPS) is 21.2. The van der Waals surface area contributed by atoms with E-state index >= 15 is 0 Å². The predicted molar refractivity (Wildman–Crippen MR) is 84.2 cm³/mol. The zero-order valence-corrected chi connectivity index (χ0v) is 12.8. The monoisotopic (exact) mass is 290 g/mol. The summed E-state index contributed by atoms with van der Waals surface area (Å²) in [5.74, 6) is 1.55. The minimum absolute atomic E-state index is 0.108. The first-order valence-corrected chi connectivity index (χ1v) is 7.94. The highest BCUT2D eigenvalue weighted by atomic mass is 16.5. The van der Waals surface area contributed by atoms with Gasteiger partial charge in [0.2, 0.25) is 5.91 Å². The summed E-state index contributed by atoms with van der Waals surface area (Å²) in [6, 6.07) is 8.00. The third kappa shape index (κ3) is 4.21. The summed E-state index contributed by atoms with van der Waals surface area (Å²) >= 11 is 0. The highest BCUT2D eigenvalue weighted by Crippen LogP contribution is 2.30. The van der Waals surface area contributed by atoms with Crippen LogP contribution in [0.5, 0.6) is 5.75 Å². The third-order valence-electron chi connectivity index (χ3n) is 4.26. The van der Waals surface area contributed by atoms with Gasteiger partial charge in [0, 0.05) is 12.5 Å². The number of nitrogens with two attached hydrogens (primary N) is 1. The van der Waals surface area contributed by atoms with Gasteiger partial charge < -0.3 is 15.8 Å². The molecule has 0 aliphatic heterocycles. The molecule has 0 unspecified atom stereocenters. The Morgan fingerprint density at radius 2 is 2.19 bits per heavy atom. The van der Waals surface area contributed by atoms with Crippen molar-refractivity contribution in [2.45, 2.75) is 32.6 Å². The van der Waals surface area contributed by atoms with Gasteiger partial charge in [-0.3, -0.25) is 4.79 Å². The minimum atomic E-state index is 0.108. The van der Waals surface area contributed by atoms with Gasteiger partial charge in [-0.05, 0) is 50.3 Å². The summed E-state index contributed by atoms with van der Waals surface area (Å²) in [6.45, 7) is 3.90. The Morgan fingerprint density at radius 3 is 2.95 bits per heavy atom. The number of rotatable bonds is 7. The minimum Gasteiger partial charge on any atom is -0.494 e. The van der Waals surface area contributed by atoms with E-state index in [4.69, 9.17) is 10.5 Å². The molecule has 4 heteroatoms. The fourth-order valence-corrected chi connectivity index (χ4v) is 3.12. The first kappa shape index (κ1) is 15.8. The zero-order chi connectivity index (χ0) is 15.1. The summed E-state index contributed by atoms with van der Waals surface area (Å²) in [5, 5.41) is 3.06. The van der Waals surface area contributed by atoms with Crippen LogP contribution in [0, 0.1) is 11.8 Å². The lowest BCUT2D eigenvalue weighted by molar-refractivity contribution is -0.125. The molecule has 0 spiro atoms. The van der Waals surface area contributed by atoms with Gasteiger partial charge in [-0.25, -0.2) is 0 Å². The van der Waals surface area contributed by atoms with Crippen LogP contribution in [0.1, 0.15) is 31.7 Å². The van der Waals surface area contributed by atoms with Gasteiger partial charge in [0.25, 0.3) is 0 Å². The van der Waals surface area contributed by atoms with Crippen molar-refractivity contribution in [2.24, 2.45) is 17.6 Å². The van der Waals surface area contributed by atoms with Crippen molar-refractivity contribution in [1.82, 2.24) is 5.32 Å². The number of nitrogens with one attached hydrogen (secondary N) is 1. The molecule has 0 saturated heterocycles. The van der Waals surface area contributed by atoms with E-state index in [-0.39, 0.29) is 11.8 Å². The molecule has 1 saturated carbocycles. The average molecular weight is 290 g/mol. The number of benzene rings is 1. The van der Waals surface area contributed by atoms with Crippen LogP contribution in [-0.4, -0.2) is 25.6 Å². The molecular formula is C17H26N2O2. The van der Waals surface area contributed by atoms with Gasteiger partial charge in [-0.1, -0.05) is 24.6 Å². The quantitative estimate of drug-likeness (QED) is 0.808. The maximum Gasteiger partial charge on any atom is 0.223 e. The van der Waals surface area contributed by atoms with Crippen LogP contribution >= 0.6 is 0 Å². The van der Waals surface area contributed by atoms with Gasteiger partial charge in [0.1, 0.15) is 5.75 Å². The molecular weight excluding hydrogens is 264 g/mol. The molecule has 1 aliphatic carbocycles. The van der Waals surface area contributed by atoms with Crippen LogP contribution in [0.25, 0.3) is 0 Å². The van der Waals surface area contributed by atoms with Gasteiger partial charge in [-0.15, -0.1) is 0 Å². The zero-order valence-electron chi connectivity index (χ0n) is 12.8. The molecule has 4 nitrogen and oxygen atoms in total. The van der Waals surface area contributed by atoms with E-state index in [1.165, 1.54) is 0 Å². The SMILES string of the molecule is CCOc1ccccc1CCNC(=O)[C@@H]1CCC[C@@H]1CN. The second kappa shape index (κ2) is 8.03. The number of carbonyl (C=O) groups excluding carboxylic acids is 1. The molecule has 3 N–H and O–H groups in total. The Hall–Kier alpha value is -1.55. The lowest BCUT2D eigenvalue weighted by atomic mass is 9.95. The molecule has 2 atom stereocenters. The van der Waals surface area contributed by atoms with Crippen LogP contribution in [0.15, 0.2) is 24.3 Å². The van der Waals surface area contributed by atoms with Crippen molar-refractivity contribution in [3.8, 4) is 5.75 Å². The van der Waals surface area contributed by atoms with E-state index in [0.717, 1.165) is 37.0 Å². The number of amides is 1. The molecule has 1 aromatic rings. The maximum absolute atomic E-state index is 12.2. The van der Waals surface area contributed by atoms with Crippen molar-refractivity contribution >= 4 is 5.91 Å². The van der Waals surface area contributed by atoms with Crippen LogP contribution in [0.3, 0.4) is 0 Å². The van der Waals surface area contributed by atoms with Gasteiger partial charge in [-0.2, -0.15) is 0 Å². The Kier molecular flexibility index (Phi) is 6.05. The second-order valence-corrected chi connectivity index (χ2v) is 5.61. The van der Waals surface area contributed by atoms with Gasteiger partial charge >= 0.3 is 0 Å².